The summed E-state index contributed by atoms with van der Waals surface area (Å²) in [6.07, 6.45) is 8.72. The molecule has 1 saturated carbocycles. The van der Waals surface area contributed by atoms with E-state index in [4.69, 9.17) is 5.73 Å². The van der Waals surface area contributed by atoms with E-state index >= 15 is 0 Å². The first-order valence-corrected chi connectivity index (χ1v) is 8.58. The van der Waals surface area contributed by atoms with Gasteiger partial charge in [0.1, 0.15) is 11.6 Å². The van der Waals surface area contributed by atoms with Crippen molar-refractivity contribution >= 4 is 17.6 Å². The molecule has 22 heavy (non-hydrogen) atoms. The van der Waals surface area contributed by atoms with Gasteiger partial charge in [0.2, 0.25) is 5.95 Å². The topological polar surface area (TPSA) is 79.1 Å². The van der Waals surface area contributed by atoms with Gasteiger partial charge in [-0.25, -0.2) is 0 Å². The number of nitrogens with one attached hydrogen (secondary N) is 2. The number of nitrogens with zero attached hydrogens (tertiary/aromatic N) is 3. The van der Waals surface area contributed by atoms with E-state index in [-0.39, 0.29) is 0 Å². The summed E-state index contributed by atoms with van der Waals surface area (Å²) >= 11 is 0. The van der Waals surface area contributed by atoms with Crippen molar-refractivity contribution in [2.24, 2.45) is 0 Å². The Bertz CT molecular complexity index is 478. The van der Waals surface area contributed by atoms with Gasteiger partial charge < -0.3 is 21.3 Å². The molecule has 1 aliphatic carbocycles. The van der Waals surface area contributed by atoms with Crippen LogP contribution >= 0.6 is 0 Å². The Morgan fingerprint density at radius 2 is 1.77 bits per heavy atom. The number of rotatable bonds is 4. The highest BCUT2D eigenvalue weighted by molar-refractivity contribution is 5.53. The standard InChI is InChI=1S/C16H28N6/c1-18-12-7-9-22(10-8-12)15-11-14(20-16(17)21-15)19-13-5-3-2-4-6-13/h11-13,18H,2-10H2,1H3,(H3,17,19,20,21). The zero-order valence-electron chi connectivity index (χ0n) is 13.5. The molecule has 1 saturated heterocycles. The van der Waals surface area contributed by atoms with Gasteiger partial charge in [-0.15, -0.1) is 0 Å². The molecule has 0 unspecified atom stereocenters. The smallest absolute Gasteiger partial charge is 0.223 e. The third kappa shape index (κ3) is 3.80. The summed E-state index contributed by atoms with van der Waals surface area (Å²) in [6.45, 7) is 2.04. The van der Waals surface area contributed by atoms with E-state index in [1.54, 1.807) is 0 Å². The molecule has 6 heteroatoms. The molecule has 2 fully saturated rings. The van der Waals surface area contributed by atoms with E-state index in [2.05, 4.69) is 31.6 Å². The Kier molecular flexibility index (Phi) is 4.97. The van der Waals surface area contributed by atoms with E-state index in [1.165, 1.54) is 32.1 Å². The average Bonchev–Trinajstić information content (AvgIpc) is 2.55. The summed E-state index contributed by atoms with van der Waals surface area (Å²) in [5.74, 6) is 2.21. The normalized spacial score (nSPS) is 21.0. The predicted molar refractivity (Wildman–Crippen MR) is 91.2 cm³/mol. The highest BCUT2D eigenvalue weighted by Crippen LogP contribution is 2.24. The molecule has 0 spiro atoms. The predicted octanol–water partition coefficient (Wildman–Crippen LogP) is 1.99. The van der Waals surface area contributed by atoms with Crippen LogP contribution in [-0.2, 0) is 0 Å². The van der Waals surface area contributed by atoms with Crippen LogP contribution in [0.2, 0.25) is 0 Å². The van der Waals surface area contributed by atoms with Crippen molar-refractivity contribution in [3.8, 4) is 0 Å². The van der Waals surface area contributed by atoms with Crippen molar-refractivity contribution in [1.29, 1.82) is 0 Å². The maximum Gasteiger partial charge on any atom is 0.223 e. The summed E-state index contributed by atoms with van der Waals surface area (Å²) in [6, 6.07) is 3.21. The zero-order valence-corrected chi connectivity index (χ0v) is 13.5. The van der Waals surface area contributed by atoms with Gasteiger partial charge in [0.15, 0.2) is 0 Å². The monoisotopic (exact) mass is 304 g/mol. The molecule has 0 radical (unpaired) electrons. The quantitative estimate of drug-likeness (QED) is 0.789. The minimum Gasteiger partial charge on any atom is -0.368 e. The number of aromatic nitrogens is 2. The van der Waals surface area contributed by atoms with E-state index in [1.807, 2.05) is 7.05 Å². The minimum absolute atomic E-state index is 0.367. The van der Waals surface area contributed by atoms with Crippen LogP contribution in [-0.4, -0.2) is 42.2 Å². The summed E-state index contributed by atoms with van der Waals surface area (Å²) in [5.41, 5.74) is 5.92. The van der Waals surface area contributed by atoms with Gasteiger partial charge in [-0.05, 0) is 32.7 Å². The van der Waals surface area contributed by atoms with Crippen LogP contribution in [0, 0.1) is 0 Å². The molecule has 0 aromatic carbocycles. The molecular formula is C16H28N6. The van der Waals surface area contributed by atoms with Crippen LogP contribution in [0.3, 0.4) is 0 Å². The lowest BCUT2D eigenvalue weighted by Gasteiger charge is -2.33. The minimum atomic E-state index is 0.367. The second kappa shape index (κ2) is 7.13. The Hall–Kier alpha value is -1.56. The van der Waals surface area contributed by atoms with Crippen molar-refractivity contribution in [3.63, 3.8) is 0 Å². The maximum absolute atomic E-state index is 5.92. The number of nitrogen functional groups attached to an aromatic ring is 1. The van der Waals surface area contributed by atoms with Gasteiger partial charge in [0.25, 0.3) is 0 Å². The van der Waals surface area contributed by atoms with Crippen LogP contribution in [0.15, 0.2) is 6.07 Å². The van der Waals surface area contributed by atoms with Crippen molar-refractivity contribution in [2.45, 2.75) is 57.0 Å². The fraction of sp³-hybridized carbons (Fsp3) is 0.750. The molecule has 2 heterocycles. The molecule has 0 amide bonds. The second-order valence-electron chi connectivity index (χ2n) is 6.50. The van der Waals surface area contributed by atoms with Crippen LogP contribution in [0.1, 0.15) is 44.9 Å². The summed E-state index contributed by atoms with van der Waals surface area (Å²) in [7, 11) is 2.04. The Labute approximate surface area is 132 Å². The van der Waals surface area contributed by atoms with E-state index in [9.17, 15) is 0 Å². The largest absolute Gasteiger partial charge is 0.368 e. The molecule has 1 aromatic rings. The Balaban J connectivity index is 1.67. The average molecular weight is 304 g/mol. The molecule has 2 aliphatic rings. The SMILES string of the molecule is CNC1CCN(c2cc(NC3CCCCC3)nc(N)n2)CC1. The van der Waals surface area contributed by atoms with Gasteiger partial charge >= 0.3 is 0 Å². The number of anilines is 3. The molecule has 0 bridgehead atoms. The molecule has 6 nitrogen and oxygen atoms in total. The van der Waals surface area contributed by atoms with Crippen LogP contribution in [0.4, 0.5) is 17.6 Å². The fourth-order valence-corrected chi connectivity index (χ4v) is 3.54. The fourth-order valence-electron chi connectivity index (χ4n) is 3.54. The zero-order chi connectivity index (χ0) is 15.4. The van der Waals surface area contributed by atoms with Crippen LogP contribution in [0.25, 0.3) is 0 Å². The molecule has 1 aliphatic heterocycles. The molecule has 3 rings (SSSR count). The van der Waals surface area contributed by atoms with E-state index < -0.39 is 0 Å². The first-order chi connectivity index (χ1) is 10.7. The van der Waals surface area contributed by atoms with Crippen molar-refractivity contribution in [3.05, 3.63) is 6.07 Å². The molecule has 122 valence electrons. The molecule has 1 aromatic heterocycles. The van der Waals surface area contributed by atoms with Crippen LogP contribution < -0.4 is 21.3 Å². The molecular weight excluding hydrogens is 276 g/mol. The summed E-state index contributed by atoms with van der Waals surface area (Å²) < 4.78 is 0. The van der Waals surface area contributed by atoms with Gasteiger partial charge in [0, 0.05) is 31.2 Å². The highest BCUT2D eigenvalue weighted by Gasteiger charge is 2.20. The summed E-state index contributed by atoms with van der Waals surface area (Å²) in [4.78, 5) is 11.1. The summed E-state index contributed by atoms with van der Waals surface area (Å²) in [5, 5.41) is 6.91. The van der Waals surface area contributed by atoms with Gasteiger partial charge in [-0.3, -0.25) is 0 Å². The number of hydrogen-bond donors (Lipinski definition) is 3. The van der Waals surface area contributed by atoms with Crippen molar-refractivity contribution in [1.82, 2.24) is 15.3 Å². The third-order valence-corrected chi connectivity index (χ3v) is 4.91. The lowest BCUT2D eigenvalue weighted by Crippen LogP contribution is -2.41. The van der Waals surface area contributed by atoms with E-state index in [0.29, 0.717) is 18.0 Å². The number of hydrogen-bond acceptors (Lipinski definition) is 6. The van der Waals surface area contributed by atoms with Gasteiger partial charge in [0.05, 0.1) is 0 Å². The first kappa shape index (κ1) is 15.3. The Morgan fingerprint density at radius 1 is 1.05 bits per heavy atom. The van der Waals surface area contributed by atoms with E-state index in [0.717, 1.165) is 37.6 Å². The van der Waals surface area contributed by atoms with Gasteiger partial charge in [-0.2, -0.15) is 9.97 Å². The molecule has 0 atom stereocenters. The maximum atomic E-state index is 5.92. The highest BCUT2D eigenvalue weighted by atomic mass is 15.2. The number of piperidine rings is 1. The first-order valence-electron chi connectivity index (χ1n) is 8.58. The van der Waals surface area contributed by atoms with Crippen molar-refractivity contribution < 1.29 is 0 Å². The lowest BCUT2D eigenvalue weighted by molar-refractivity contribution is 0.440. The Morgan fingerprint density at radius 3 is 2.45 bits per heavy atom. The van der Waals surface area contributed by atoms with Crippen LogP contribution in [0.5, 0.6) is 0 Å². The van der Waals surface area contributed by atoms with Crippen molar-refractivity contribution in [2.75, 3.05) is 36.1 Å². The number of nitrogens with two attached hydrogens (primary N) is 1. The van der Waals surface area contributed by atoms with Gasteiger partial charge in [-0.1, -0.05) is 19.3 Å². The second-order valence-corrected chi connectivity index (χ2v) is 6.50. The molecule has 4 N–H and O–H groups in total. The lowest BCUT2D eigenvalue weighted by atomic mass is 9.95. The third-order valence-electron chi connectivity index (χ3n) is 4.91.